The lowest BCUT2D eigenvalue weighted by Crippen LogP contribution is -2.72. The molecule has 3 rings (SSSR count). The predicted octanol–water partition coefficient (Wildman–Crippen LogP) is 3.31. The maximum Gasteiger partial charge on any atom is 0.256 e. The molecule has 0 radical (unpaired) electrons. The van der Waals surface area contributed by atoms with E-state index < -0.39 is 34.6 Å². The second kappa shape index (κ2) is 8.04. The third-order valence-corrected chi connectivity index (χ3v) is 4.87. The van der Waals surface area contributed by atoms with Gasteiger partial charge < -0.3 is 21.3 Å². The number of aryl methyl sites for hydroxylation is 1. The molecule has 0 atom stereocenters. The van der Waals surface area contributed by atoms with E-state index in [4.69, 9.17) is 5.73 Å². The van der Waals surface area contributed by atoms with Crippen molar-refractivity contribution in [2.24, 2.45) is 5.73 Å². The van der Waals surface area contributed by atoms with Gasteiger partial charge in [0.25, 0.3) is 5.91 Å². The minimum absolute atomic E-state index is 0.0490. The first kappa shape index (κ1) is 21.1. The van der Waals surface area contributed by atoms with E-state index in [1.807, 2.05) is 13.8 Å². The zero-order valence-electron chi connectivity index (χ0n) is 16.7. The highest BCUT2D eigenvalue weighted by Crippen LogP contribution is 2.31. The SMILES string of the molecule is Cc1ccc(Nc2c(C(=O)N3CC(N)(CNC(C)C)C3)ccc(F)c2F)c(F)c1. The maximum atomic E-state index is 14.5. The van der Waals surface area contributed by atoms with Crippen molar-refractivity contribution in [3.05, 3.63) is 58.9 Å². The lowest BCUT2D eigenvalue weighted by molar-refractivity contribution is 0.0407. The molecular weight excluding hydrogens is 381 g/mol. The number of rotatable bonds is 6. The summed E-state index contributed by atoms with van der Waals surface area (Å²) in [5.41, 5.74) is 5.83. The van der Waals surface area contributed by atoms with Crippen LogP contribution in [0, 0.1) is 24.4 Å². The number of anilines is 2. The molecule has 1 saturated heterocycles. The fourth-order valence-electron chi connectivity index (χ4n) is 3.25. The lowest BCUT2D eigenvalue weighted by Gasteiger charge is -2.48. The van der Waals surface area contributed by atoms with Crippen LogP contribution in [0.25, 0.3) is 0 Å². The van der Waals surface area contributed by atoms with E-state index in [1.165, 1.54) is 23.1 Å². The van der Waals surface area contributed by atoms with Crippen molar-refractivity contribution in [3.63, 3.8) is 0 Å². The van der Waals surface area contributed by atoms with Gasteiger partial charge in [0.2, 0.25) is 0 Å². The minimum Gasteiger partial charge on any atom is -0.350 e. The first-order valence-corrected chi connectivity index (χ1v) is 9.42. The van der Waals surface area contributed by atoms with Crippen LogP contribution in [0.5, 0.6) is 0 Å². The van der Waals surface area contributed by atoms with Crippen molar-refractivity contribution in [3.8, 4) is 0 Å². The first-order valence-electron chi connectivity index (χ1n) is 9.42. The van der Waals surface area contributed by atoms with Gasteiger partial charge in [-0.2, -0.15) is 0 Å². The Morgan fingerprint density at radius 3 is 2.48 bits per heavy atom. The molecule has 4 N–H and O–H groups in total. The number of hydrogen-bond donors (Lipinski definition) is 3. The number of carbonyl (C=O) groups is 1. The number of nitrogens with zero attached hydrogens (tertiary/aromatic N) is 1. The van der Waals surface area contributed by atoms with E-state index in [-0.39, 0.29) is 30.4 Å². The molecule has 1 aliphatic rings. The molecule has 1 amide bonds. The number of hydrogen-bond acceptors (Lipinski definition) is 4. The maximum absolute atomic E-state index is 14.5. The summed E-state index contributed by atoms with van der Waals surface area (Å²) >= 11 is 0. The predicted molar refractivity (Wildman–Crippen MR) is 107 cm³/mol. The van der Waals surface area contributed by atoms with E-state index in [1.54, 1.807) is 13.0 Å². The molecular formula is C21H25F3N4O. The molecule has 8 heteroatoms. The largest absolute Gasteiger partial charge is 0.350 e. The molecule has 0 aliphatic carbocycles. The van der Waals surface area contributed by atoms with Crippen molar-refractivity contribution in [1.29, 1.82) is 0 Å². The molecule has 0 bridgehead atoms. The first-order chi connectivity index (χ1) is 13.6. The Hall–Kier alpha value is -2.58. The Morgan fingerprint density at radius 1 is 1.17 bits per heavy atom. The topological polar surface area (TPSA) is 70.4 Å². The van der Waals surface area contributed by atoms with E-state index in [0.29, 0.717) is 12.1 Å². The summed E-state index contributed by atoms with van der Waals surface area (Å²) in [6.07, 6.45) is 0. The third-order valence-electron chi connectivity index (χ3n) is 4.87. The summed E-state index contributed by atoms with van der Waals surface area (Å²) in [6, 6.07) is 6.64. The second-order valence-electron chi connectivity index (χ2n) is 7.95. The monoisotopic (exact) mass is 406 g/mol. The summed E-state index contributed by atoms with van der Waals surface area (Å²) in [4.78, 5) is 14.4. The summed E-state index contributed by atoms with van der Waals surface area (Å²) in [7, 11) is 0. The van der Waals surface area contributed by atoms with E-state index in [9.17, 15) is 18.0 Å². The molecule has 0 unspecified atom stereocenters. The van der Waals surface area contributed by atoms with Gasteiger partial charge in [0.15, 0.2) is 11.6 Å². The van der Waals surface area contributed by atoms with Crippen molar-refractivity contribution in [2.75, 3.05) is 25.0 Å². The van der Waals surface area contributed by atoms with Crippen molar-refractivity contribution in [1.82, 2.24) is 10.2 Å². The van der Waals surface area contributed by atoms with Crippen LogP contribution in [0.1, 0.15) is 29.8 Å². The van der Waals surface area contributed by atoms with Gasteiger partial charge in [0.1, 0.15) is 5.82 Å². The molecule has 29 heavy (non-hydrogen) atoms. The van der Waals surface area contributed by atoms with Crippen LogP contribution in [0.15, 0.2) is 30.3 Å². The summed E-state index contributed by atoms with van der Waals surface area (Å²) < 4.78 is 42.5. The quantitative estimate of drug-likeness (QED) is 0.689. The highest BCUT2D eigenvalue weighted by Gasteiger charge is 2.42. The van der Waals surface area contributed by atoms with Gasteiger partial charge in [-0.05, 0) is 36.8 Å². The van der Waals surface area contributed by atoms with E-state index >= 15 is 0 Å². The van der Waals surface area contributed by atoms with Gasteiger partial charge >= 0.3 is 0 Å². The standard InChI is InChI=1S/C21H25F3N4O/c1-12(2)26-9-21(25)10-28(11-21)20(29)14-5-6-15(22)18(24)19(14)27-17-7-4-13(3)8-16(17)23/h4-8,12,26-27H,9-11,25H2,1-3H3. The molecule has 156 valence electrons. The van der Waals surface area contributed by atoms with Crippen LogP contribution in [0.4, 0.5) is 24.5 Å². The molecule has 0 spiro atoms. The molecule has 0 aromatic heterocycles. The third kappa shape index (κ3) is 4.54. The molecule has 1 heterocycles. The summed E-state index contributed by atoms with van der Waals surface area (Å²) in [5.74, 6) is -3.49. The highest BCUT2D eigenvalue weighted by molar-refractivity contribution is 6.01. The van der Waals surface area contributed by atoms with Gasteiger partial charge in [-0.15, -0.1) is 0 Å². The van der Waals surface area contributed by atoms with Crippen LogP contribution in [0.3, 0.4) is 0 Å². The number of nitrogens with one attached hydrogen (secondary N) is 2. The molecule has 1 aliphatic heterocycles. The van der Waals surface area contributed by atoms with Crippen LogP contribution >= 0.6 is 0 Å². The number of halogens is 3. The van der Waals surface area contributed by atoms with Gasteiger partial charge in [-0.3, -0.25) is 4.79 Å². The highest BCUT2D eigenvalue weighted by atomic mass is 19.2. The van der Waals surface area contributed by atoms with Crippen LogP contribution in [0.2, 0.25) is 0 Å². The van der Waals surface area contributed by atoms with Gasteiger partial charge in [-0.1, -0.05) is 19.9 Å². The van der Waals surface area contributed by atoms with Gasteiger partial charge in [0, 0.05) is 25.7 Å². The van der Waals surface area contributed by atoms with Gasteiger partial charge in [0.05, 0.1) is 22.5 Å². The fraction of sp³-hybridized carbons (Fsp3) is 0.381. The molecule has 0 saturated carbocycles. The minimum atomic E-state index is -1.24. The zero-order valence-corrected chi connectivity index (χ0v) is 16.7. The van der Waals surface area contributed by atoms with E-state index in [2.05, 4.69) is 10.6 Å². The Labute approximate surface area is 168 Å². The normalized spacial score (nSPS) is 15.4. The number of likely N-dealkylation sites (tertiary alicyclic amines) is 1. The number of carbonyl (C=O) groups excluding carboxylic acids is 1. The summed E-state index contributed by atoms with van der Waals surface area (Å²) in [5, 5.41) is 5.77. The lowest BCUT2D eigenvalue weighted by atomic mass is 9.89. The second-order valence-corrected chi connectivity index (χ2v) is 7.95. The fourth-order valence-corrected chi connectivity index (χ4v) is 3.25. The number of amides is 1. The molecule has 5 nitrogen and oxygen atoms in total. The number of benzene rings is 2. The van der Waals surface area contributed by atoms with E-state index in [0.717, 1.165) is 6.07 Å². The van der Waals surface area contributed by atoms with Gasteiger partial charge in [-0.25, -0.2) is 13.2 Å². The zero-order chi connectivity index (χ0) is 21.3. The summed E-state index contributed by atoms with van der Waals surface area (Å²) in [6.45, 7) is 6.79. The van der Waals surface area contributed by atoms with Crippen molar-refractivity contribution >= 4 is 17.3 Å². The Balaban J connectivity index is 1.83. The Morgan fingerprint density at radius 2 is 1.86 bits per heavy atom. The van der Waals surface area contributed by atoms with Crippen molar-refractivity contribution < 1.29 is 18.0 Å². The molecule has 2 aromatic rings. The Kier molecular flexibility index (Phi) is 5.86. The number of nitrogens with two attached hydrogens (primary N) is 1. The average Bonchev–Trinajstić information content (AvgIpc) is 2.63. The molecule has 2 aromatic carbocycles. The van der Waals surface area contributed by atoms with Crippen LogP contribution in [-0.4, -0.2) is 42.0 Å². The smallest absolute Gasteiger partial charge is 0.256 e. The van der Waals surface area contributed by atoms with Crippen molar-refractivity contribution in [2.45, 2.75) is 32.4 Å². The Bertz CT molecular complexity index is 926. The molecule has 1 fully saturated rings. The average molecular weight is 406 g/mol. The van der Waals surface area contributed by atoms with Crippen LogP contribution in [-0.2, 0) is 0 Å². The van der Waals surface area contributed by atoms with Crippen LogP contribution < -0.4 is 16.4 Å².